The summed E-state index contributed by atoms with van der Waals surface area (Å²) in [6, 6.07) is 19.8. The minimum atomic E-state index is 0.417. The molecule has 0 N–H and O–H groups in total. The van der Waals surface area contributed by atoms with Crippen LogP contribution in [0.3, 0.4) is 0 Å². The van der Waals surface area contributed by atoms with Gasteiger partial charge in [0.15, 0.2) is 0 Å². The van der Waals surface area contributed by atoms with E-state index in [4.69, 9.17) is 43.1 Å². The summed E-state index contributed by atoms with van der Waals surface area (Å²) in [6.07, 6.45) is 23.5. The molecule has 0 saturated heterocycles. The van der Waals surface area contributed by atoms with E-state index < -0.39 is 0 Å². The number of rotatable bonds is 36. The van der Waals surface area contributed by atoms with Gasteiger partial charge in [0.1, 0.15) is 35.7 Å². The molecule has 0 aliphatic heterocycles. The van der Waals surface area contributed by atoms with Crippen LogP contribution in [-0.2, 0) is 14.2 Å². The average molecular weight is 785 g/mol. The van der Waals surface area contributed by atoms with Gasteiger partial charge in [0, 0.05) is 22.9 Å². The zero-order valence-corrected chi connectivity index (χ0v) is 34.5. The summed E-state index contributed by atoms with van der Waals surface area (Å²) in [4.78, 5) is 9.47. The van der Waals surface area contributed by atoms with Gasteiger partial charge in [0.05, 0.1) is 52.9 Å². The molecular weight excluding hydrogens is 717 g/mol. The van der Waals surface area contributed by atoms with Crippen molar-refractivity contribution in [3.63, 3.8) is 0 Å². The van der Waals surface area contributed by atoms with Gasteiger partial charge in [-0.25, -0.2) is 9.97 Å². The highest BCUT2D eigenvalue weighted by atomic mass is 16.6. The summed E-state index contributed by atoms with van der Waals surface area (Å²) in [6.45, 7) is 12.6. The van der Waals surface area contributed by atoms with Crippen molar-refractivity contribution in [2.75, 3.05) is 66.1 Å². The van der Waals surface area contributed by atoms with Crippen molar-refractivity contribution in [1.29, 1.82) is 0 Å². The Balaban J connectivity index is 0.996. The fraction of sp³-hybridized carbons (Fsp3) is 0.542. The highest BCUT2D eigenvalue weighted by Crippen LogP contribution is 2.27. The first-order valence-corrected chi connectivity index (χ1v) is 21.5. The molecule has 0 fully saturated rings. The molecule has 2 aromatic heterocycles. The van der Waals surface area contributed by atoms with Crippen LogP contribution in [-0.4, -0.2) is 76.0 Å². The first kappa shape index (κ1) is 45.5. The van der Waals surface area contributed by atoms with Gasteiger partial charge in [-0.2, -0.15) is 0 Å². The van der Waals surface area contributed by atoms with Gasteiger partial charge in [-0.15, -0.1) is 13.2 Å². The maximum atomic E-state index is 6.03. The Morgan fingerprint density at radius 1 is 0.368 bits per heavy atom. The third-order valence-corrected chi connectivity index (χ3v) is 9.63. The van der Waals surface area contributed by atoms with E-state index in [2.05, 4.69) is 13.2 Å². The number of pyridine rings is 2. The fourth-order valence-corrected chi connectivity index (χ4v) is 6.46. The van der Waals surface area contributed by atoms with E-state index in [1.54, 1.807) is 0 Å². The molecule has 0 amide bonds. The number of nitrogens with zero attached hydrogens (tertiary/aromatic N) is 2. The van der Waals surface area contributed by atoms with Crippen LogP contribution in [0.25, 0.3) is 21.8 Å². The Morgan fingerprint density at radius 3 is 1.14 bits per heavy atom. The van der Waals surface area contributed by atoms with Crippen LogP contribution >= 0.6 is 0 Å². The first-order valence-electron chi connectivity index (χ1n) is 21.5. The van der Waals surface area contributed by atoms with Crippen molar-refractivity contribution < 1.29 is 33.2 Å². The Hall–Kier alpha value is -4.18. The minimum absolute atomic E-state index is 0.417. The van der Waals surface area contributed by atoms with Gasteiger partial charge in [0.25, 0.3) is 0 Å². The number of ether oxygens (including phenoxy) is 7. The second-order valence-electron chi connectivity index (χ2n) is 14.3. The van der Waals surface area contributed by atoms with Crippen LogP contribution in [0.5, 0.6) is 23.3 Å². The molecule has 0 aliphatic rings. The van der Waals surface area contributed by atoms with Gasteiger partial charge < -0.3 is 33.2 Å². The summed E-state index contributed by atoms with van der Waals surface area (Å²) >= 11 is 0. The topological polar surface area (TPSA) is 90.4 Å². The number of unbranched alkanes of at least 4 members (excludes halogenated alkanes) is 14. The number of benzene rings is 2. The van der Waals surface area contributed by atoms with Crippen molar-refractivity contribution in [3.8, 4) is 23.3 Å². The molecule has 0 saturated carbocycles. The molecular formula is C48H68N2O7. The Kier molecular flexibility index (Phi) is 23.9. The maximum absolute atomic E-state index is 6.03. The van der Waals surface area contributed by atoms with E-state index in [1.165, 1.54) is 77.0 Å². The number of hydrogen-bond acceptors (Lipinski definition) is 9. The third kappa shape index (κ3) is 19.2. The van der Waals surface area contributed by atoms with Crippen LogP contribution in [0.4, 0.5) is 0 Å². The Labute approximate surface area is 342 Å². The molecule has 2 heterocycles. The molecule has 4 rings (SSSR count). The highest BCUT2D eigenvalue weighted by Gasteiger charge is 2.08. The third-order valence-electron chi connectivity index (χ3n) is 9.63. The molecule has 0 aliphatic carbocycles. The summed E-state index contributed by atoms with van der Waals surface area (Å²) in [5.74, 6) is 2.71. The van der Waals surface area contributed by atoms with Crippen LogP contribution in [0.15, 0.2) is 86.0 Å². The van der Waals surface area contributed by atoms with Crippen LogP contribution in [0.1, 0.15) is 103 Å². The minimum Gasteiger partial charge on any atom is -0.489 e. The van der Waals surface area contributed by atoms with E-state index in [9.17, 15) is 0 Å². The normalized spacial score (nSPS) is 11.2. The Morgan fingerprint density at radius 2 is 0.737 bits per heavy atom. The predicted octanol–water partition coefficient (Wildman–Crippen LogP) is 11.7. The molecule has 0 spiro atoms. The van der Waals surface area contributed by atoms with Crippen molar-refractivity contribution in [3.05, 3.63) is 86.0 Å². The average Bonchev–Trinajstić information content (AvgIpc) is 3.24. The fourth-order valence-electron chi connectivity index (χ4n) is 6.46. The molecule has 0 unspecified atom stereocenters. The molecule has 312 valence electrons. The zero-order valence-electron chi connectivity index (χ0n) is 34.5. The predicted molar refractivity (Wildman–Crippen MR) is 232 cm³/mol. The second-order valence-corrected chi connectivity index (χ2v) is 14.3. The highest BCUT2D eigenvalue weighted by molar-refractivity contribution is 5.85. The summed E-state index contributed by atoms with van der Waals surface area (Å²) in [5.41, 5.74) is 1.60. The van der Waals surface area contributed by atoms with Crippen molar-refractivity contribution in [2.24, 2.45) is 0 Å². The monoisotopic (exact) mass is 785 g/mol. The quantitative estimate of drug-likeness (QED) is 0.0330. The molecule has 9 nitrogen and oxygen atoms in total. The van der Waals surface area contributed by atoms with Crippen molar-refractivity contribution in [1.82, 2.24) is 9.97 Å². The van der Waals surface area contributed by atoms with E-state index in [-0.39, 0.29) is 0 Å². The van der Waals surface area contributed by atoms with E-state index >= 15 is 0 Å². The lowest BCUT2D eigenvalue weighted by Crippen LogP contribution is -2.14. The lowest BCUT2D eigenvalue weighted by atomic mass is 10.1. The number of fused-ring (bicyclic) bond motifs is 2. The van der Waals surface area contributed by atoms with Gasteiger partial charge >= 0.3 is 0 Å². The van der Waals surface area contributed by atoms with E-state index in [1.807, 2.05) is 72.8 Å². The summed E-state index contributed by atoms with van der Waals surface area (Å²) < 4.78 is 41.1. The summed E-state index contributed by atoms with van der Waals surface area (Å²) in [7, 11) is 0. The molecule has 0 atom stereocenters. The van der Waals surface area contributed by atoms with E-state index in [0.29, 0.717) is 77.8 Å². The van der Waals surface area contributed by atoms with Crippen molar-refractivity contribution in [2.45, 2.75) is 103 Å². The first-order chi connectivity index (χ1) is 28.3. The van der Waals surface area contributed by atoms with Gasteiger partial charge in [0.2, 0.25) is 11.8 Å². The number of aromatic nitrogens is 2. The molecule has 4 aromatic rings. The largest absolute Gasteiger partial charge is 0.489 e. The Bertz CT molecular complexity index is 1540. The van der Waals surface area contributed by atoms with Gasteiger partial charge in [-0.3, -0.25) is 0 Å². The van der Waals surface area contributed by atoms with Crippen LogP contribution < -0.4 is 18.9 Å². The molecule has 0 radical (unpaired) electrons. The SMILES string of the molecule is C=CCCCCCCCCCOc1ccc2cccc(OCCOCCOCCOCCOc3cccc4ccc(OCCCCCCCCCC=C)nc34)c2n1. The second kappa shape index (κ2) is 30.0. The number of para-hydroxylation sites is 2. The van der Waals surface area contributed by atoms with Crippen LogP contribution in [0.2, 0.25) is 0 Å². The summed E-state index contributed by atoms with van der Waals surface area (Å²) in [5, 5.41) is 2.03. The standard InChI is InChI=1S/C48H68N2O7/c1-3-5-7-9-11-13-15-17-19-31-56-45-29-27-41-23-21-25-43(47(41)49-45)54-39-37-52-35-33-51-34-36-53-38-40-55-44-26-22-24-42-28-30-46(50-48(42)44)57-32-20-18-16-14-12-10-8-6-4-2/h3-4,21-30H,1-2,5-20,31-40H2. The van der Waals surface area contributed by atoms with Gasteiger partial charge in [-0.05, 0) is 62.8 Å². The molecule has 57 heavy (non-hydrogen) atoms. The lowest BCUT2D eigenvalue weighted by Gasteiger charge is -2.12. The molecule has 9 heteroatoms. The number of allylic oxidation sites excluding steroid dienone is 2. The lowest BCUT2D eigenvalue weighted by molar-refractivity contribution is 0.00510. The maximum Gasteiger partial charge on any atom is 0.213 e. The zero-order chi connectivity index (χ0) is 39.9. The number of hydrogen-bond donors (Lipinski definition) is 0. The van der Waals surface area contributed by atoms with Crippen molar-refractivity contribution >= 4 is 21.8 Å². The van der Waals surface area contributed by atoms with E-state index in [0.717, 1.165) is 59.0 Å². The van der Waals surface area contributed by atoms with Crippen LogP contribution in [0, 0.1) is 0 Å². The van der Waals surface area contributed by atoms with Gasteiger partial charge in [-0.1, -0.05) is 101 Å². The molecule has 2 aromatic carbocycles. The smallest absolute Gasteiger partial charge is 0.213 e. The molecule has 0 bridgehead atoms.